The van der Waals surface area contributed by atoms with Crippen LogP contribution in [0.5, 0.6) is 0 Å². The Kier molecular flexibility index (Phi) is 5.35. The lowest BCUT2D eigenvalue weighted by atomic mass is 10.2. The SMILES string of the molecule is CC(=O)CCC(=O)N(C)Cc1ccc(Br)cc1. The van der Waals surface area contributed by atoms with Crippen molar-refractivity contribution in [2.75, 3.05) is 7.05 Å². The van der Waals surface area contributed by atoms with Gasteiger partial charge in [-0.15, -0.1) is 0 Å². The van der Waals surface area contributed by atoms with Crippen LogP contribution in [0.15, 0.2) is 28.7 Å². The van der Waals surface area contributed by atoms with Gasteiger partial charge < -0.3 is 9.69 Å². The molecule has 1 aromatic rings. The lowest BCUT2D eigenvalue weighted by Crippen LogP contribution is -2.26. The standard InChI is InChI=1S/C13H16BrNO2/c1-10(16)3-8-13(17)15(2)9-11-4-6-12(14)7-5-11/h4-7H,3,8-9H2,1-2H3. The number of halogens is 1. The first-order valence-electron chi connectivity index (χ1n) is 5.47. The number of hydrogen-bond donors (Lipinski definition) is 0. The number of rotatable bonds is 5. The van der Waals surface area contributed by atoms with Crippen molar-refractivity contribution in [3.05, 3.63) is 34.3 Å². The van der Waals surface area contributed by atoms with Gasteiger partial charge >= 0.3 is 0 Å². The van der Waals surface area contributed by atoms with Gasteiger partial charge in [0.25, 0.3) is 0 Å². The molecule has 3 nitrogen and oxygen atoms in total. The van der Waals surface area contributed by atoms with Gasteiger partial charge in [-0.2, -0.15) is 0 Å². The van der Waals surface area contributed by atoms with Gasteiger partial charge in [-0.3, -0.25) is 4.79 Å². The summed E-state index contributed by atoms with van der Waals surface area (Å²) in [6.45, 7) is 2.08. The molecule has 0 aliphatic heterocycles. The fourth-order valence-electron chi connectivity index (χ4n) is 1.43. The van der Waals surface area contributed by atoms with Gasteiger partial charge in [-0.25, -0.2) is 0 Å². The second kappa shape index (κ2) is 6.55. The molecule has 0 aliphatic carbocycles. The van der Waals surface area contributed by atoms with E-state index in [1.807, 2.05) is 24.3 Å². The summed E-state index contributed by atoms with van der Waals surface area (Å²) >= 11 is 3.36. The number of Topliss-reactive ketones (excluding diaryl/α,β-unsaturated/α-hetero) is 1. The highest BCUT2D eigenvalue weighted by atomic mass is 79.9. The van der Waals surface area contributed by atoms with Crippen LogP contribution in [-0.4, -0.2) is 23.6 Å². The van der Waals surface area contributed by atoms with E-state index in [2.05, 4.69) is 15.9 Å². The number of benzene rings is 1. The molecule has 0 unspecified atom stereocenters. The van der Waals surface area contributed by atoms with Crippen molar-refractivity contribution >= 4 is 27.6 Å². The summed E-state index contributed by atoms with van der Waals surface area (Å²) in [6.07, 6.45) is 0.617. The third kappa shape index (κ3) is 5.13. The Labute approximate surface area is 110 Å². The lowest BCUT2D eigenvalue weighted by molar-refractivity contribution is -0.132. The molecule has 0 saturated carbocycles. The molecule has 0 fully saturated rings. The van der Waals surface area contributed by atoms with Crippen LogP contribution < -0.4 is 0 Å². The Hall–Kier alpha value is -1.16. The maximum Gasteiger partial charge on any atom is 0.223 e. The predicted octanol–water partition coefficient (Wildman–Crippen LogP) is 2.78. The van der Waals surface area contributed by atoms with Crippen molar-refractivity contribution in [2.45, 2.75) is 26.3 Å². The molecule has 0 aromatic heterocycles. The van der Waals surface area contributed by atoms with Crippen LogP contribution in [-0.2, 0) is 16.1 Å². The second-order valence-electron chi connectivity index (χ2n) is 4.08. The number of nitrogens with zero attached hydrogens (tertiary/aromatic N) is 1. The van der Waals surface area contributed by atoms with Crippen molar-refractivity contribution in [3.63, 3.8) is 0 Å². The summed E-state index contributed by atoms with van der Waals surface area (Å²) in [6, 6.07) is 7.84. The zero-order chi connectivity index (χ0) is 12.8. The zero-order valence-electron chi connectivity index (χ0n) is 10.1. The van der Waals surface area contributed by atoms with E-state index in [1.54, 1.807) is 11.9 Å². The van der Waals surface area contributed by atoms with Crippen LogP contribution in [0.4, 0.5) is 0 Å². The minimum Gasteiger partial charge on any atom is -0.341 e. The molecule has 0 spiro atoms. The molecule has 0 saturated heterocycles. The average molecular weight is 298 g/mol. The smallest absolute Gasteiger partial charge is 0.223 e. The highest BCUT2D eigenvalue weighted by Gasteiger charge is 2.09. The molecule has 0 N–H and O–H groups in total. The summed E-state index contributed by atoms with van der Waals surface area (Å²) in [5.74, 6) is 0.0542. The van der Waals surface area contributed by atoms with Gasteiger partial charge in [0.2, 0.25) is 5.91 Å². The first-order chi connectivity index (χ1) is 7.99. The molecular formula is C13H16BrNO2. The molecule has 0 heterocycles. The molecule has 0 radical (unpaired) electrons. The van der Waals surface area contributed by atoms with Crippen LogP contribution in [0, 0.1) is 0 Å². The van der Waals surface area contributed by atoms with E-state index < -0.39 is 0 Å². The van der Waals surface area contributed by atoms with E-state index in [0.29, 0.717) is 19.4 Å². The summed E-state index contributed by atoms with van der Waals surface area (Å²) in [5, 5.41) is 0. The van der Waals surface area contributed by atoms with E-state index in [0.717, 1.165) is 10.0 Å². The first-order valence-corrected chi connectivity index (χ1v) is 6.26. The van der Waals surface area contributed by atoms with Crippen molar-refractivity contribution in [1.82, 2.24) is 4.90 Å². The Morgan fingerprint density at radius 2 is 1.76 bits per heavy atom. The molecule has 0 bridgehead atoms. The van der Waals surface area contributed by atoms with Crippen molar-refractivity contribution in [2.24, 2.45) is 0 Å². The predicted molar refractivity (Wildman–Crippen MR) is 70.5 cm³/mol. The van der Waals surface area contributed by atoms with Crippen LogP contribution in [0.1, 0.15) is 25.3 Å². The monoisotopic (exact) mass is 297 g/mol. The Balaban J connectivity index is 2.48. The summed E-state index contributed by atoms with van der Waals surface area (Å²) < 4.78 is 1.02. The quantitative estimate of drug-likeness (QED) is 0.838. The van der Waals surface area contributed by atoms with Gasteiger partial charge in [-0.05, 0) is 24.6 Å². The average Bonchev–Trinajstić information content (AvgIpc) is 2.28. The maximum atomic E-state index is 11.7. The molecule has 1 rings (SSSR count). The first kappa shape index (κ1) is 13.9. The van der Waals surface area contributed by atoms with Gasteiger partial charge in [0, 0.05) is 30.9 Å². The van der Waals surface area contributed by atoms with Crippen LogP contribution in [0.25, 0.3) is 0 Å². The van der Waals surface area contributed by atoms with Crippen LogP contribution in [0.3, 0.4) is 0 Å². The number of carbonyl (C=O) groups is 2. The van der Waals surface area contributed by atoms with Crippen LogP contribution in [0.2, 0.25) is 0 Å². The molecule has 92 valence electrons. The normalized spacial score (nSPS) is 10.1. The fraction of sp³-hybridized carbons (Fsp3) is 0.385. The lowest BCUT2D eigenvalue weighted by Gasteiger charge is -2.17. The number of amides is 1. The molecule has 17 heavy (non-hydrogen) atoms. The molecule has 1 aromatic carbocycles. The summed E-state index contributed by atoms with van der Waals surface area (Å²) in [4.78, 5) is 24.1. The van der Waals surface area contributed by atoms with Gasteiger partial charge in [-0.1, -0.05) is 28.1 Å². The number of hydrogen-bond acceptors (Lipinski definition) is 2. The second-order valence-corrected chi connectivity index (χ2v) is 4.99. The third-order valence-electron chi connectivity index (χ3n) is 2.45. The minimum absolute atomic E-state index is 0.00289. The van der Waals surface area contributed by atoms with Crippen molar-refractivity contribution < 1.29 is 9.59 Å². The Morgan fingerprint density at radius 3 is 2.29 bits per heavy atom. The van der Waals surface area contributed by atoms with E-state index in [-0.39, 0.29) is 11.7 Å². The van der Waals surface area contributed by atoms with Crippen molar-refractivity contribution in [3.8, 4) is 0 Å². The number of carbonyl (C=O) groups excluding carboxylic acids is 2. The topological polar surface area (TPSA) is 37.4 Å². The summed E-state index contributed by atoms with van der Waals surface area (Å²) in [5.41, 5.74) is 1.08. The van der Waals surface area contributed by atoms with E-state index in [9.17, 15) is 9.59 Å². The van der Waals surface area contributed by atoms with Gasteiger partial charge in [0.1, 0.15) is 5.78 Å². The fourth-order valence-corrected chi connectivity index (χ4v) is 1.69. The van der Waals surface area contributed by atoms with Crippen molar-refractivity contribution in [1.29, 1.82) is 0 Å². The Morgan fingerprint density at radius 1 is 1.18 bits per heavy atom. The maximum absolute atomic E-state index is 11.7. The molecule has 0 atom stereocenters. The van der Waals surface area contributed by atoms with E-state index in [1.165, 1.54) is 6.92 Å². The highest BCUT2D eigenvalue weighted by molar-refractivity contribution is 9.10. The Bertz CT molecular complexity index is 400. The molecular weight excluding hydrogens is 282 g/mol. The van der Waals surface area contributed by atoms with Gasteiger partial charge in [0.15, 0.2) is 0 Å². The summed E-state index contributed by atoms with van der Waals surface area (Å²) in [7, 11) is 1.75. The highest BCUT2D eigenvalue weighted by Crippen LogP contribution is 2.12. The molecule has 1 amide bonds. The van der Waals surface area contributed by atoms with Gasteiger partial charge in [0.05, 0.1) is 0 Å². The molecule has 4 heteroatoms. The molecule has 0 aliphatic rings. The van der Waals surface area contributed by atoms with E-state index in [4.69, 9.17) is 0 Å². The third-order valence-corrected chi connectivity index (χ3v) is 2.98. The minimum atomic E-state index is 0.00289. The largest absolute Gasteiger partial charge is 0.341 e. The van der Waals surface area contributed by atoms with Crippen LogP contribution >= 0.6 is 15.9 Å². The zero-order valence-corrected chi connectivity index (χ0v) is 11.7. The van der Waals surface area contributed by atoms with E-state index >= 15 is 0 Å². The number of ketones is 1.